The van der Waals surface area contributed by atoms with Gasteiger partial charge in [0.05, 0.1) is 13.5 Å². The summed E-state index contributed by atoms with van der Waals surface area (Å²) in [6.45, 7) is 4.25. The summed E-state index contributed by atoms with van der Waals surface area (Å²) in [4.78, 5) is 36.3. The fourth-order valence-corrected chi connectivity index (χ4v) is 1.97. The highest BCUT2D eigenvalue weighted by Crippen LogP contribution is 2.08. The Morgan fingerprint density at radius 3 is 2.55 bits per heavy atom. The molecule has 6 nitrogen and oxygen atoms in total. The molecule has 0 radical (unpaired) electrons. The number of rotatable bonds is 7. The highest BCUT2D eigenvalue weighted by Gasteiger charge is 2.17. The second-order valence-corrected chi connectivity index (χ2v) is 4.97. The van der Waals surface area contributed by atoms with Gasteiger partial charge < -0.3 is 15.0 Å². The summed E-state index contributed by atoms with van der Waals surface area (Å²) < 4.78 is 4.60. The summed E-state index contributed by atoms with van der Waals surface area (Å²) in [6.07, 6.45) is 0.119. The lowest BCUT2D eigenvalue weighted by Crippen LogP contribution is -2.39. The van der Waals surface area contributed by atoms with Gasteiger partial charge in [-0.05, 0) is 19.1 Å². The molecule has 1 aromatic carbocycles. The quantitative estimate of drug-likeness (QED) is 0.766. The Hall–Kier alpha value is -2.37. The summed E-state index contributed by atoms with van der Waals surface area (Å²) in [5, 5.41) is 2.65. The van der Waals surface area contributed by atoms with Gasteiger partial charge in [0.25, 0.3) is 5.91 Å². The minimum absolute atomic E-state index is 0.119. The van der Waals surface area contributed by atoms with E-state index in [0.717, 1.165) is 5.56 Å². The van der Waals surface area contributed by atoms with Crippen LogP contribution in [0.2, 0.25) is 0 Å². The Kier molecular flexibility index (Phi) is 7.08. The predicted molar refractivity (Wildman–Crippen MR) is 82.4 cm³/mol. The van der Waals surface area contributed by atoms with Crippen molar-refractivity contribution in [3.63, 3.8) is 0 Å². The van der Waals surface area contributed by atoms with Crippen LogP contribution in [0, 0.1) is 6.92 Å². The van der Waals surface area contributed by atoms with Gasteiger partial charge in [-0.1, -0.05) is 17.7 Å². The number of hydrogen-bond acceptors (Lipinski definition) is 4. The first-order valence-corrected chi connectivity index (χ1v) is 7.11. The SMILES string of the molecule is COC(=O)CCN(CCNC(C)=O)C(=O)c1cccc(C)c1. The summed E-state index contributed by atoms with van der Waals surface area (Å²) in [7, 11) is 1.31. The average molecular weight is 306 g/mol. The van der Waals surface area contributed by atoms with E-state index in [0.29, 0.717) is 18.7 Å². The van der Waals surface area contributed by atoms with Crippen LogP contribution in [0.3, 0.4) is 0 Å². The van der Waals surface area contributed by atoms with E-state index in [9.17, 15) is 14.4 Å². The van der Waals surface area contributed by atoms with Gasteiger partial charge in [-0.3, -0.25) is 14.4 Å². The summed E-state index contributed by atoms with van der Waals surface area (Å²) in [6, 6.07) is 7.26. The number of nitrogens with zero attached hydrogens (tertiary/aromatic N) is 1. The monoisotopic (exact) mass is 306 g/mol. The third kappa shape index (κ3) is 5.95. The van der Waals surface area contributed by atoms with E-state index in [1.54, 1.807) is 17.0 Å². The van der Waals surface area contributed by atoms with Crippen LogP contribution in [-0.2, 0) is 14.3 Å². The lowest BCUT2D eigenvalue weighted by Gasteiger charge is -2.22. The van der Waals surface area contributed by atoms with Gasteiger partial charge in [-0.25, -0.2) is 0 Å². The first kappa shape index (κ1) is 17.7. The molecule has 0 bridgehead atoms. The van der Waals surface area contributed by atoms with E-state index < -0.39 is 0 Å². The molecule has 0 heterocycles. The van der Waals surface area contributed by atoms with Crippen LogP contribution in [0.4, 0.5) is 0 Å². The molecule has 0 fully saturated rings. The molecule has 0 saturated heterocycles. The highest BCUT2D eigenvalue weighted by molar-refractivity contribution is 5.94. The van der Waals surface area contributed by atoms with E-state index >= 15 is 0 Å². The Labute approximate surface area is 130 Å². The Morgan fingerprint density at radius 2 is 1.95 bits per heavy atom. The molecule has 0 aromatic heterocycles. The standard InChI is InChI=1S/C16H22N2O4/c1-12-5-4-6-14(11-12)16(21)18(9-7-15(20)22-3)10-8-17-13(2)19/h4-6,11H,7-10H2,1-3H3,(H,17,19). The van der Waals surface area contributed by atoms with Crippen molar-refractivity contribution in [2.45, 2.75) is 20.3 Å². The molecule has 1 rings (SSSR count). The number of benzene rings is 1. The number of ether oxygens (including phenoxy) is 1. The molecule has 0 aliphatic heterocycles. The number of aryl methyl sites for hydroxylation is 1. The van der Waals surface area contributed by atoms with E-state index in [-0.39, 0.29) is 30.7 Å². The van der Waals surface area contributed by atoms with E-state index in [4.69, 9.17) is 0 Å². The third-order valence-corrected chi connectivity index (χ3v) is 3.12. The van der Waals surface area contributed by atoms with Crippen LogP contribution < -0.4 is 5.32 Å². The number of methoxy groups -OCH3 is 1. The van der Waals surface area contributed by atoms with E-state index in [1.807, 2.05) is 19.1 Å². The van der Waals surface area contributed by atoms with Crippen molar-refractivity contribution < 1.29 is 19.1 Å². The lowest BCUT2D eigenvalue weighted by molar-refractivity contribution is -0.140. The molecular weight excluding hydrogens is 284 g/mol. The molecule has 120 valence electrons. The maximum atomic E-state index is 12.5. The molecular formula is C16H22N2O4. The molecule has 0 aliphatic carbocycles. The zero-order valence-corrected chi connectivity index (χ0v) is 13.2. The van der Waals surface area contributed by atoms with E-state index in [1.165, 1.54) is 14.0 Å². The summed E-state index contributed by atoms with van der Waals surface area (Å²) in [5.74, 6) is -0.699. The van der Waals surface area contributed by atoms with Crippen molar-refractivity contribution in [3.05, 3.63) is 35.4 Å². The van der Waals surface area contributed by atoms with Crippen molar-refractivity contribution >= 4 is 17.8 Å². The fraction of sp³-hybridized carbons (Fsp3) is 0.438. The minimum Gasteiger partial charge on any atom is -0.469 e. The van der Waals surface area contributed by atoms with E-state index in [2.05, 4.69) is 10.1 Å². The molecule has 6 heteroatoms. The van der Waals surface area contributed by atoms with Crippen LogP contribution in [0.15, 0.2) is 24.3 Å². The van der Waals surface area contributed by atoms with Crippen molar-refractivity contribution in [1.29, 1.82) is 0 Å². The number of carbonyl (C=O) groups excluding carboxylic acids is 3. The van der Waals surface area contributed by atoms with Crippen molar-refractivity contribution in [2.24, 2.45) is 0 Å². The molecule has 0 spiro atoms. The highest BCUT2D eigenvalue weighted by atomic mass is 16.5. The minimum atomic E-state index is -0.374. The number of amides is 2. The Morgan fingerprint density at radius 1 is 1.23 bits per heavy atom. The van der Waals surface area contributed by atoms with Crippen LogP contribution >= 0.6 is 0 Å². The lowest BCUT2D eigenvalue weighted by atomic mass is 10.1. The van der Waals surface area contributed by atoms with Gasteiger partial charge in [-0.2, -0.15) is 0 Å². The van der Waals surface area contributed by atoms with Gasteiger partial charge in [0.1, 0.15) is 0 Å². The van der Waals surface area contributed by atoms with Gasteiger partial charge in [0.15, 0.2) is 0 Å². The maximum Gasteiger partial charge on any atom is 0.307 e. The first-order valence-electron chi connectivity index (χ1n) is 7.11. The van der Waals surface area contributed by atoms with Crippen LogP contribution in [0.1, 0.15) is 29.3 Å². The predicted octanol–water partition coefficient (Wildman–Crippen LogP) is 1.14. The molecule has 1 N–H and O–H groups in total. The Bertz CT molecular complexity index is 543. The van der Waals surface area contributed by atoms with Gasteiger partial charge in [0, 0.05) is 32.1 Å². The number of carbonyl (C=O) groups is 3. The van der Waals surface area contributed by atoms with Crippen molar-refractivity contribution in [3.8, 4) is 0 Å². The molecule has 22 heavy (non-hydrogen) atoms. The number of hydrogen-bond donors (Lipinski definition) is 1. The number of nitrogens with one attached hydrogen (secondary N) is 1. The van der Waals surface area contributed by atoms with Gasteiger partial charge >= 0.3 is 5.97 Å². The van der Waals surface area contributed by atoms with Gasteiger partial charge in [-0.15, -0.1) is 0 Å². The molecule has 0 aliphatic rings. The average Bonchev–Trinajstić information content (AvgIpc) is 2.49. The zero-order chi connectivity index (χ0) is 16.5. The molecule has 1 aromatic rings. The van der Waals surface area contributed by atoms with Crippen LogP contribution in [0.25, 0.3) is 0 Å². The third-order valence-electron chi connectivity index (χ3n) is 3.12. The fourth-order valence-electron chi connectivity index (χ4n) is 1.97. The number of esters is 1. The molecule has 0 unspecified atom stereocenters. The first-order chi connectivity index (χ1) is 10.4. The second-order valence-electron chi connectivity index (χ2n) is 4.97. The Balaban J connectivity index is 2.75. The molecule has 0 atom stereocenters. The smallest absolute Gasteiger partial charge is 0.307 e. The second kappa shape index (κ2) is 8.81. The molecule has 2 amide bonds. The molecule has 0 saturated carbocycles. The maximum absolute atomic E-state index is 12.5. The topological polar surface area (TPSA) is 75.7 Å². The van der Waals surface area contributed by atoms with Crippen LogP contribution in [0.5, 0.6) is 0 Å². The van der Waals surface area contributed by atoms with Crippen LogP contribution in [-0.4, -0.2) is 49.4 Å². The zero-order valence-electron chi connectivity index (χ0n) is 13.2. The largest absolute Gasteiger partial charge is 0.469 e. The van der Waals surface area contributed by atoms with Gasteiger partial charge in [0.2, 0.25) is 5.91 Å². The summed E-state index contributed by atoms with van der Waals surface area (Å²) in [5.41, 5.74) is 1.55. The summed E-state index contributed by atoms with van der Waals surface area (Å²) >= 11 is 0. The normalized spacial score (nSPS) is 9.95. The van der Waals surface area contributed by atoms with Crippen molar-refractivity contribution in [1.82, 2.24) is 10.2 Å². The van der Waals surface area contributed by atoms with Crippen molar-refractivity contribution in [2.75, 3.05) is 26.7 Å².